The molecule has 3 aromatic rings. The molecule has 0 spiro atoms. The molecule has 0 aliphatic carbocycles. The number of hydrogen-bond donors (Lipinski definition) is 1. The lowest BCUT2D eigenvalue weighted by atomic mass is 10.1. The van der Waals surface area contributed by atoms with E-state index in [0.717, 1.165) is 26.0 Å². The van der Waals surface area contributed by atoms with Gasteiger partial charge in [0.05, 0.1) is 22.1 Å². The smallest absolute Gasteiger partial charge is 0.251 e. The standard InChI is InChI=1S/C18H18N2OS2/c1-11-4-5-14(8-12(11)2)18(21)19-9-15-6-7-17(23-15)16-10-22-13(3)20-16/h4-8,10H,9H2,1-3H3,(H,19,21). The Morgan fingerprint density at radius 3 is 2.65 bits per heavy atom. The number of nitrogens with zero attached hydrogens (tertiary/aromatic N) is 1. The van der Waals surface area contributed by atoms with E-state index in [1.54, 1.807) is 22.7 Å². The zero-order valence-corrected chi connectivity index (χ0v) is 15.0. The second-order valence-electron chi connectivity index (χ2n) is 5.50. The molecule has 1 N–H and O–H groups in total. The van der Waals surface area contributed by atoms with E-state index in [0.29, 0.717) is 12.1 Å². The van der Waals surface area contributed by atoms with Gasteiger partial charge in [0.15, 0.2) is 0 Å². The minimum atomic E-state index is -0.0347. The molecule has 0 aliphatic rings. The Kier molecular flexibility index (Phi) is 4.59. The van der Waals surface area contributed by atoms with Crippen LogP contribution in [0.5, 0.6) is 0 Å². The van der Waals surface area contributed by atoms with E-state index in [-0.39, 0.29) is 5.91 Å². The number of carbonyl (C=O) groups excluding carboxylic acids is 1. The van der Waals surface area contributed by atoms with E-state index in [1.165, 1.54) is 5.56 Å². The molecule has 0 saturated heterocycles. The van der Waals surface area contributed by atoms with E-state index < -0.39 is 0 Å². The van der Waals surface area contributed by atoms with Crippen LogP contribution in [0.4, 0.5) is 0 Å². The number of nitrogens with one attached hydrogen (secondary N) is 1. The third kappa shape index (κ3) is 3.68. The van der Waals surface area contributed by atoms with Crippen LogP contribution in [0.1, 0.15) is 31.4 Å². The highest BCUT2D eigenvalue weighted by Gasteiger charge is 2.09. The SMILES string of the molecule is Cc1nc(-c2ccc(CNC(=O)c3ccc(C)c(C)c3)s2)cs1. The van der Waals surface area contributed by atoms with Crippen molar-refractivity contribution in [3.8, 4) is 10.6 Å². The van der Waals surface area contributed by atoms with Crippen LogP contribution in [0.15, 0.2) is 35.7 Å². The summed E-state index contributed by atoms with van der Waals surface area (Å²) in [6.07, 6.45) is 0. The molecule has 2 heterocycles. The number of hydrogen-bond acceptors (Lipinski definition) is 4. The number of rotatable bonds is 4. The summed E-state index contributed by atoms with van der Waals surface area (Å²) in [7, 11) is 0. The van der Waals surface area contributed by atoms with Crippen molar-refractivity contribution in [3.05, 3.63) is 62.3 Å². The lowest BCUT2D eigenvalue weighted by Crippen LogP contribution is -2.22. The van der Waals surface area contributed by atoms with Crippen molar-refractivity contribution in [1.82, 2.24) is 10.3 Å². The molecule has 0 atom stereocenters. The number of carbonyl (C=O) groups is 1. The van der Waals surface area contributed by atoms with Crippen molar-refractivity contribution in [3.63, 3.8) is 0 Å². The summed E-state index contributed by atoms with van der Waals surface area (Å²) in [5, 5.41) is 6.12. The van der Waals surface area contributed by atoms with Crippen molar-refractivity contribution >= 4 is 28.6 Å². The van der Waals surface area contributed by atoms with Crippen molar-refractivity contribution < 1.29 is 4.79 Å². The average Bonchev–Trinajstić information content (AvgIpc) is 3.16. The highest BCUT2D eigenvalue weighted by atomic mass is 32.1. The third-order valence-electron chi connectivity index (χ3n) is 3.73. The van der Waals surface area contributed by atoms with Gasteiger partial charge in [0.25, 0.3) is 5.91 Å². The Labute approximate surface area is 144 Å². The molecule has 1 amide bonds. The molecule has 0 radical (unpaired) electrons. The zero-order valence-electron chi connectivity index (χ0n) is 13.3. The normalized spacial score (nSPS) is 10.7. The van der Waals surface area contributed by atoms with Gasteiger partial charge in [0.1, 0.15) is 0 Å². The summed E-state index contributed by atoms with van der Waals surface area (Å²) in [4.78, 5) is 19.0. The van der Waals surface area contributed by atoms with Crippen molar-refractivity contribution in [1.29, 1.82) is 0 Å². The van der Waals surface area contributed by atoms with Gasteiger partial charge in [-0.1, -0.05) is 6.07 Å². The fourth-order valence-electron chi connectivity index (χ4n) is 2.24. The quantitative estimate of drug-likeness (QED) is 0.745. The Morgan fingerprint density at radius 1 is 1.13 bits per heavy atom. The van der Waals surface area contributed by atoms with Crippen LogP contribution >= 0.6 is 22.7 Å². The molecule has 0 aliphatic heterocycles. The molecule has 5 heteroatoms. The first-order valence-electron chi connectivity index (χ1n) is 7.39. The van der Waals surface area contributed by atoms with E-state index in [1.807, 2.05) is 39.0 Å². The molecule has 0 unspecified atom stereocenters. The van der Waals surface area contributed by atoms with Gasteiger partial charge < -0.3 is 5.32 Å². The van der Waals surface area contributed by atoms with Gasteiger partial charge in [0.2, 0.25) is 0 Å². The number of aromatic nitrogens is 1. The predicted molar refractivity (Wildman–Crippen MR) is 97.3 cm³/mol. The van der Waals surface area contributed by atoms with Crippen molar-refractivity contribution in [2.75, 3.05) is 0 Å². The van der Waals surface area contributed by atoms with Gasteiger partial charge in [0, 0.05) is 15.8 Å². The highest BCUT2D eigenvalue weighted by Crippen LogP contribution is 2.28. The number of aryl methyl sites for hydroxylation is 3. The predicted octanol–water partition coefficient (Wildman–Crippen LogP) is 4.73. The van der Waals surface area contributed by atoms with Crippen LogP contribution in [-0.4, -0.2) is 10.9 Å². The molecule has 3 nitrogen and oxygen atoms in total. The number of thiophene rings is 1. The lowest BCUT2D eigenvalue weighted by molar-refractivity contribution is 0.0951. The van der Waals surface area contributed by atoms with Gasteiger partial charge in [-0.25, -0.2) is 4.98 Å². The molecular weight excluding hydrogens is 324 g/mol. The summed E-state index contributed by atoms with van der Waals surface area (Å²) in [5.74, 6) is -0.0347. The summed E-state index contributed by atoms with van der Waals surface area (Å²) < 4.78 is 0. The van der Waals surface area contributed by atoms with Crippen LogP contribution in [0.25, 0.3) is 10.6 Å². The van der Waals surface area contributed by atoms with Crippen LogP contribution in [0.2, 0.25) is 0 Å². The molecule has 3 rings (SSSR count). The lowest BCUT2D eigenvalue weighted by Gasteiger charge is -2.06. The minimum Gasteiger partial charge on any atom is -0.347 e. The molecule has 2 aromatic heterocycles. The molecule has 23 heavy (non-hydrogen) atoms. The Balaban J connectivity index is 1.65. The fraction of sp³-hybridized carbons (Fsp3) is 0.222. The maximum absolute atomic E-state index is 12.2. The molecule has 0 fully saturated rings. The minimum absolute atomic E-state index is 0.0347. The first-order chi connectivity index (χ1) is 11.0. The summed E-state index contributed by atoms with van der Waals surface area (Å²) >= 11 is 3.32. The maximum Gasteiger partial charge on any atom is 0.251 e. The summed E-state index contributed by atoms with van der Waals surface area (Å²) in [5.41, 5.74) is 4.06. The largest absolute Gasteiger partial charge is 0.347 e. The van der Waals surface area contributed by atoms with Gasteiger partial charge in [-0.05, 0) is 56.2 Å². The van der Waals surface area contributed by atoms with Crippen molar-refractivity contribution in [2.24, 2.45) is 0 Å². The fourth-order valence-corrected chi connectivity index (χ4v) is 3.83. The highest BCUT2D eigenvalue weighted by molar-refractivity contribution is 7.16. The molecule has 118 valence electrons. The third-order valence-corrected chi connectivity index (χ3v) is 5.61. The number of thiazole rings is 1. The maximum atomic E-state index is 12.2. The average molecular weight is 342 g/mol. The summed E-state index contributed by atoms with van der Waals surface area (Å²) in [6, 6.07) is 9.90. The number of benzene rings is 1. The zero-order chi connectivity index (χ0) is 16.4. The molecule has 1 aromatic carbocycles. The number of amides is 1. The molecule has 0 saturated carbocycles. The Hall–Kier alpha value is -1.98. The topological polar surface area (TPSA) is 42.0 Å². The molecule has 0 bridgehead atoms. The van der Waals surface area contributed by atoms with Crippen LogP contribution in [-0.2, 0) is 6.54 Å². The van der Waals surface area contributed by atoms with Gasteiger partial charge in [-0.15, -0.1) is 22.7 Å². The first kappa shape index (κ1) is 15.9. The van der Waals surface area contributed by atoms with Gasteiger partial charge in [-0.2, -0.15) is 0 Å². The van der Waals surface area contributed by atoms with Crippen LogP contribution in [0.3, 0.4) is 0 Å². The van der Waals surface area contributed by atoms with E-state index >= 15 is 0 Å². The van der Waals surface area contributed by atoms with Crippen LogP contribution in [0, 0.1) is 20.8 Å². The second kappa shape index (κ2) is 6.64. The Morgan fingerprint density at radius 2 is 1.96 bits per heavy atom. The monoisotopic (exact) mass is 342 g/mol. The second-order valence-corrected chi connectivity index (χ2v) is 7.73. The van der Waals surface area contributed by atoms with Gasteiger partial charge in [-0.3, -0.25) is 4.79 Å². The first-order valence-corrected chi connectivity index (χ1v) is 9.09. The van der Waals surface area contributed by atoms with Crippen LogP contribution < -0.4 is 5.32 Å². The summed E-state index contributed by atoms with van der Waals surface area (Å²) in [6.45, 7) is 6.61. The van der Waals surface area contributed by atoms with Gasteiger partial charge >= 0.3 is 0 Å². The Bertz CT molecular complexity index is 848. The van der Waals surface area contributed by atoms with E-state index in [9.17, 15) is 4.79 Å². The van der Waals surface area contributed by atoms with E-state index in [4.69, 9.17) is 0 Å². The van der Waals surface area contributed by atoms with Crippen molar-refractivity contribution in [2.45, 2.75) is 27.3 Å². The van der Waals surface area contributed by atoms with E-state index in [2.05, 4.69) is 27.8 Å². The molecular formula is C18H18N2OS2.